The molecule has 1 heteroatoms. The average molecular weight is 160 g/mol. The molecule has 1 aromatic rings. The summed E-state index contributed by atoms with van der Waals surface area (Å²) in [5.74, 6) is 0. The standard InChI is InChI=1S/C11H14N/c1-8-4-5-12-10(3)9(2)7-11(12)6-8/h4-6H,7H2,1-3H3/q+1. The highest BCUT2D eigenvalue weighted by Gasteiger charge is 2.23. The molecule has 0 aromatic carbocycles. The zero-order valence-electron chi connectivity index (χ0n) is 7.89. The van der Waals surface area contributed by atoms with Crippen molar-refractivity contribution in [1.29, 1.82) is 0 Å². The molecule has 0 saturated heterocycles. The lowest BCUT2D eigenvalue weighted by molar-refractivity contribution is -0.584. The van der Waals surface area contributed by atoms with E-state index in [2.05, 4.69) is 43.7 Å². The Balaban J connectivity index is 2.58. The Morgan fingerprint density at radius 2 is 2.00 bits per heavy atom. The number of aromatic nitrogens is 1. The van der Waals surface area contributed by atoms with Crippen molar-refractivity contribution in [3.05, 3.63) is 35.2 Å². The molecule has 2 heterocycles. The number of hydrogen-bond donors (Lipinski definition) is 0. The van der Waals surface area contributed by atoms with Crippen LogP contribution in [0, 0.1) is 6.92 Å². The monoisotopic (exact) mass is 160 g/mol. The highest BCUT2D eigenvalue weighted by Crippen LogP contribution is 2.17. The van der Waals surface area contributed by atoms with Gasteiger partial charge in [-0.3, -0.25) is 0 Å². The molecule has 12 heavy (non-hydrogen) atoms. The van der Waals surface area contributed by atoms with Crippen molar-refractivity contribution in [3.8, 4) is 0 Å². The lowest BCUT2D eigenvalue weighted by atomic mass is 10.1. The minimum Gasteiger partial charge on any atom is -0.168 e. The topological polar surface area (TPSA) is 3.88 Å². The molecule has 1 aromatic heterocycles. The maximum Gasteiger partial charge on any atom is 0.191 e. The summed E-state index contributed by atoms with van der Waals surface area (Å²) < 4.78 is 2.28. The maximum atomic E-state index is 2.28. The van der Waals surface area contributed by atoms with Gasteiger partial charge in [-0.25, -0.2) is 0 Å². The molecule has 1 nitrogen and oxygen atoms in total. The van der Waals surface area contributed by atoms with E-state index in [0.29, 0.717) is 0 Å². The Morgan fingerprint density at radius 1 is 1.25 bits per heavy atom. The summed E-state index contributed by atoms with van der Waals surface area (Å²) >= 11 is 0. The molecular formula is C11H14N+. The zero-order valence-corrected chi connectivity index (χ0v) is 7.89. The maximum absolute atomic E-state index is 2.28. The first-order chi connectivity index (χ1) is 5.68. The summed E-state index contributed by atoms with van der Waals surface area (Å²) in [4.78, 5) is 0. The number of rotatable bonds is 0. The quantitative estimate of drug-likeness (QED) is 0.512. The van der Waals surface area contributed by atoms with E-state index >= 15 is 0 Å². The molecule has 2 rings (SSSR count). The zero-order chi connectivity index (χ0) is 8.72. The highest BCUT2D eigenvalue weighted by atomic mass is 15.0. The third kappa shape index (κ3) is 0.970. The van der Waals surface area contributed by atoms with E-state index in [-0.39, 0.29) is 0 Å². The fourth-order valence-corrected chi connectivity index (χ4v) is 1.74. The first kappa shape index (κ1) is 7.53. The molecule has 0 bridgehead atoms. The molecule has 0 saturated carbocycles. The van der Waals surface area contributed by atoms with Gasteiger partial charge in [-0.15, -0.1) is 0 Å². The van der Waals surface area contributed by atoms with Crippen molar-refractivity contribution in [2.45, 2.75) is 27.2 Å². The lowest BCUT2D eigenvalue weighted by Crippen LogP contribution is -2.31. The summed E-state index contributed by atoms with van der Waals surface area (Å²) in [6, 6.07) is 4.42. The van der Waals surface area contributed by atoms with E-state index in [0.717, 1.165) is 6.42 Å². The second-order valence-electron chi connectivity index (χ2n) is 3.61. The summed E-state index contributed by atoms with van der Waals surface area (Å²) in [5, 5.41) is 0. The molecule has 62 valence electrons. The molecule has 1 aliphatic rings. The molecule has 1 aliphatic heterocycles. The predicted molar refractivity (Wildman–Crippen MR) is 49.6 cm³/mol. The molecule has 0 fully saturated rings. The molecule has 0 unspecified atom stereocenters. The second-order valence-corrected chi connectivity index (χ2v) is 3.61. The van der Waals surface area contributed by atoms with E-state index in [1.165, 1.54) is 22.5 Å². The van der Waals surface area contributed by atoms with Crippen LogP contribution in [0.2, 0.25) is 0 Å². The smallest absolute Gasteiger partial charge is 0.168 e. The van der Waals surface area contributed by atoms with Crippen molar-refractivity contribution in [1.82, 2.24) is 0 Å². The van der Waals surface area contributed by atoms with Crippen LogP contribution in [0.3, 0.4) is 0 Å². The second kappa shape index (κ2) is 2.44. The minimum absolute atomic E-state index is 1.12. The number of nitrogens with zero attached hydrogens (tertiary/aromatic N) is 1. The van der Waals surface area contributed by atoms with Gasteiger partial charge in [-0.2, -0.15) is 4.57 Å². The van der Waals surface area contributed by atoms with Gasteiger partial charge in [-0.05, 0) is 19.4 Å². The van der Waals surface area contributed by atoms with Gasteiger partial charge in [0.1, 0.15) is 0 Å². The lowest BCUT2D eigenvalue weighted by Gasteiger charge is -1.94. The van der Waals surface area contributed by atoms with Crippen molar-refractivity contribution in [2.24, 2.45) is 0 Å². The van der Waals surface area contributed by atoms with Crippen molar-refractivity contribution < 1.29 is 4.57 Å². The number of pyridine rings is 1. The summed E-state index contributed by atoms with van der Waals surface area (Å²) in [7, 11) is 0. The third-order valence-electron chi connectivity index (χ3n) is 2.62. The first-order valence-electron chi connectivity index (χ1n) is 4.36. The Kier molecular flexibility index (Phi) is 1.53. The molecule has 0 amide bonds. The van der Waals surface area contributed by atoms with Crippen LogP contribution < -0.4 is 4.57 Å². The van der Waals surface area contributed by atoms with Crippen molar-refractivity contribution in [2.75, 3.05) is 0 Å². The van der Waals surface area contributed by atoms with Gasteiger partial charge in [0.25, 0.3) is 0 Å². The predicted octanol–water partition coefficient (Wildman–Crippen LogP) is 2.09. The molecule has 0 N–H and O–H groups in total. The van der Waals surface area contributed by atoms with Crippen LogP contribution in [0.5, 0.6) is 0 Å². The van der Waals surface area contributed by atoms with Crippen LogP contribution in [0.15, 0.2) is 23.9 Å². The van der Waals surface area contributed by atoms with Gasteiger partial charge >= 0.3 is 0 Å². The van der Waals surface area contributed by atoms with Crippen LogP contribution >= 0.6 is 0 Å². The van der Waals surface area contributed by atoms with Gasteiger partial charge in [-0.1, -0.05) is 0 Å². The van der Waals surface area contributed by atoms with Crippen molar-refractivity contribution in [3.63, 3.8) is 0 Å². The van der Waals surface area contributed by atoms with E-state index in [9.17, 15) is 0 Å². The molecule has 0 radical (unpaired) electrons. The van der Waals surface area contributed by atoms with Crippen molar-refractivity contribution >= 4 is 5.70 Å². The fourth-order valence-electron chi connectivity index (χ4n) is 1.74. The Bertz CT molecular complexity index is 361. The van der Waals surface area contributed by atoms with Gasteiger partial charge in [0.05, 0.1) is 6.42 Å². The van der Waals surface area contributed by atoms with E-state index < -0.39 is 0 Å². The molecule has 0 atom stereocenters. The summed E-state index contributed by atoms with van der Waals surface area (Å²) in [5.41, 5.74) is 5.65. The highest BCUT2D eigenvalue weighted by molar-refractivity contribution is 5.42. The van der Waals surface area contributed by atoms with Crippen LogP contribution in [0.4, 0.5) is 0 Å². The third-order valence-corrected chi connectivity index (χ3v) is 2.62. The van der Waals surface area contributed by atoms with Crippen LogP contribution in [-0.4, -0.2) is 0 Å². The van der Waals surface area contributed by atoms with Gasteiger partial charge in [0, 0.05) is 24.6 Å². The number of allylic oxidation sites excluding steroid dienone is 2. The summed E-state index contributed by atoms with van der Waals surface area (Å²) in [6.45, 7) is 6.53. The van der Waals surface area contributed by atoms with E-state index in [1.807, 2.05) is 0 Å². The normalized spacial score (nSPS) is 15.2. The van der Waals surface area contributed by atoms with Gasteiger partial charge in [0.15, 0.2) is 17.6 Å². The van der Waals surface area contributed by atoms with Gasteiger partial charge < -0.3 is 0 Å². The first-order valence-corrected chi connectivity index (χ1v) is 4.36. The minimum atomic E-state index is 1.12. The van der Waals surface area contributed by atoms with E-state index in [1.54, 1.807) is 0 Å². The Hall–Kier alpha value is -1.11. The van der Waals surface area contributed by atoms with Gasteiger partial charge in [0.2, 0.25) is 0 Å². The van der Waals surface area contributed by atoms with Crippen LogP contribution in [0.25, 0.3) is 5.70 Å². The van der Waals surface area contributed by atoms with E-state index in [4.69, 9.17) is 0 Å². The fraction of sp³-hybridized carbons (Fsp3) is 0.364. The average Bonchev–Trinajstić information content (AvgIpc) is 2.28. The largest absolute Gasteiger partial charge is 0.191 e. The Morgan fingerprint density at radius 3 is 2.75 bits per heavy atom. The molecule has 0 aliphatic carbocycles. The molecular weight excluding hydrogens is 146 g/mol. The number of hydrogen-bond acceptors (Lipinski definition) is 0. The van der Waals surface area contributed by atoms with Crippen LogP contribution in [-0.2, 0) is 6.42 Å². The SMILES string of the molecule is CC1=C(C)[n+]2ccc(C)cc2C1. The Labute approximate surface area is 73.4 Å². The number of fused-ring (bicyclic) bond motifs is 1. The number of aryl methyl sites for hydroxylation is 1. The molecule has 0 spiro atoms. The van der Waals surface area contributed by atoms with Crippen LogP contribution in [0.1, 0.15) is 25.1 Å². The summed E-state index contributed by atoms with van der Waals surface area (Å²) in [6.07, 6.45) is 3.28.